The van der Waals surface area contributed by atoms with Crippen LogP contribution in [0.2, 0.25) is 0 Å². The summed E-state index contributed by atoms with van der Waals surface area (Å²) >= 11 is 4.59. The minimum Gasteiger partial charge on any atom is -0.395 e. The fourth-order valence-corrected chi connectivity index (χ4v) is 0.860. The Kier molecular flexibility index (Phi) is 4.34. The van der Waals surface area contributed by atoms with E-state index >= 15 is 0 Å². The van der Waals surface area contributed by atoms with Gasteiger partial charge in [0, 0.05) is 5.54 Å². The molecule has 0 spiro atoms. The van der Waals surface area contributed by atoms with E-state index in [-0.39, 0.29) is 18.1 Å². The quantitative estimate of drug-likeness (QED) is 0.636. The Bertz CT molecular complexity index is 174. The Labute approximate surface area is 78.2 Å². The molecule has 0 heterocycles. The van der Waals surface area contributed by atoms with E-state index in [0.717, 1.165) is 0 Å². The molecule has 4 heteroatoms. The van der Waals surface area contributed by atoms with Gasteiger partial charge in [0.05, 0.1) is 12.5 Å². The molecule has 0 saturated carbocycles. The van der Waals surface area contributed by atoms with Gasteiger partial charge >= 0.3 is 0 Å². The average molecular weight is 189 g/mol. The van der Waals surface area contributed by atoms with Crippen molar-refractivity contribution in [2.24, 2.45) is 5.92 Å². The van der Waals surface area contributed by atoms with Crippen molar-refractivity contribution < 1.29 is 9.90 Å². The molecule has 0 fully saturated rings. The molecule has 2 N–H and O–H groups in total. The number of nitrogens with one attached hydrogen (secondary N) is 1. The van der Waals surface area contributed by atoms with Crippen LogP contribution in [-0.2, 0) is 4.79 Å². The Morgan fingerprint density at radius 2 is 2.17 bits per heavy atom. The number of carbonyl (C=O) groups is 1. The molecule has 0 rings (SSSR count). The van der Waals surface area contributed by atoms with Gasteiger partial charge in [0.1, 0.15) is 0 Å². The fraction of sp³-hybridized carbons (Fsp3) is 0.750. The Balaban J connectivity index is 4.11. The molecule has 0 aromatic carbocycles. The lowest BCUT2D eigenvalue weighted by atomic mass is 10.1. The van der Waals surface area contributed by atoms with Crippen molar-refractivity contribution in [3.05, 3.63) is 0 Å². The summed E-state index contributed by atoms with van der Waals surface area (Å²) in [6.07, 6.45) is 0. The van der Waals surface area contributed by atoms with Crippen molar-refractivity contribution >= 4 is 23.5 Å². The van der Waals surface area contributed by atoms with Crippen LogP contribution in [0.5, 0.6) is 0 Å². The zero-order valence-corrected chi connectivity index (χ0v) is 8.44. The summed E-state index contributed by atoms with van der Waals surface area (Å²) in [5, 5.41) is 12.7. The Morgan fingerprint density at radius 3 is 2.42 bits per heavy atom. The molecule has 0 aromatic heterocycles. The van der Waals surface area contributed by atoms with Crippen molar-refractivity contribution in [1.82, 2.24) is 5.32 Å². The lowest BCUT2D eigenvalue weighted by molar-refractivity contribution is -0.125. The molecule has 0 aliphatic carbocycles. The van der Waals surface area contributed by atoms with Gasteiger partial charge in [0.2, 0.25) is 5.91 Å². The van der Waals surface area contributed by atoms with Crippen molar-refractivity contribution in [3.8, 4) is 0 Å². The Hall–Kier alpha value is -0.480. The van der Waals surface area contributed by atoms with Crippen LogP contribution < -0.4 is 5.32 Å². The highest BCUT2D eigenvalue weighted by atomic mass is 32.1. The summed E-state index contributed by atoms with van der Waals surface area (Å²) in [7, 11) is 0. The lowest BCUT2D eigenvalue weighted by Crippen LogP contribution is -2.45. The summed E-state index contributed by atoms with van der Waals surface area (Å²) in [5.74, 6) is -0.792. The number of aliphatic hydroxyl groups is 1. The molecule has 70 valence electrons. The van der Waals surface area contributed by atoms with E-state index in [0.29, 0.717) is 0 Å². The zero-order chi connectivity index (χ0) is 9.78. The van der Waals surface area contributed by atoms with Gasteiger partial charge in [0.15, 0.2) is 0 Å². The standard InChI is InChI=1S/C8H15NO2S/c1-8(2,3)9-7(11)6(4-10)5-12/h5-6,10H,4H2,1-3H3,(H,9,11)/t6-/m1/s1. The number of aliphatic hydroxyl groups excluding tert-OH is 1. The summed E-state index contributed by atoms with van der Waals surface area (Å²) in [6.45, 7) is 5.40. The number of thiocarbonyl (C=S) groups is 1. The molecular weight excluding hydrogens is 174 g/mol. The van der Waals surface area contributed by atoms with E-state index in [1.807, 2.05) is 20.8 Å². The van der Waals surface area contributed by atoms with E-state index in [1.54, 1.807) is 0 Å². The molecule has 0 aliphatic rings. The van der Waals surface area contributed by atoms with Gasteiger partial charge in [-0.25, -0.2) is 0 Å². The first-order chi connectivity index (χ1) is 5.40. The van der Waals surface area contributed by atoms with Gasteiger partial charge in [-0.1, -0.05) is 12.2 Å². The largest absolute Gasteiger partial charge is 0.395 e. The fourth-order valence-electron chi connectivity index (χ4n) is 0.650. The number of hydrogen-bond donors (Lipinski definition) is 2. The summed E-state index contributed by atoms with van der Waals surface area (Å²) in [4.78, 5) is 11.3. The highest BCUT2D eigenvalue weighted by Gasteiger charge is 2.19. The van der Waals surface area contributed by atoms with Crippen LogP contribution in [0.1, 0.15) is 20.8 Å². The van der Waals surface area contributed by atoms with E-state index in [2.05, 4.69) is 17.5 Å². The second-order valence-corrected chi connectivity index (χ2v) is 3.94. The normalized spacial score (nSPS) is 13.7. The predicted octanol–water partition coefficient (Wildman–Crippen LogP) is 0.509. The summed E-state index contributed by atoms with van der Waals surface area (Å²) in [6, 6.07) is 0. The number of hydrogen-bond acceptors (Lipinski definition) is 3. The minimum absolute atomic E-state index is 0.222. The van der Waals surface area contributed by atoms with Crippen LogP contribution >= 0.6 is 12.2 Å². The highest BCUT2D eigenvalue weighted by molar-refractivity contribution is 7.79. The van der Waals surface area contributed by atoms with Gasteiger partial charge in [0.25, 0.3) is 0 Å². The average Bonchev–Trinajstić information content (AvgIpc) is 1.85. The molecule has 3 nitrogen and oxygen atoms in total. The molecule has 0 aliphatic heterocycles. The highest BCUT2D eigenvalue weighted by Crippen LogP contribution is 2.01. The smallest absolute Gasteiger partial charge is 0.230 e. The summed E-state index contributed by atoms with van der Waals surface area (Å²) in [5.41, 5.74) is -0.275. The third kappa shape index (κ3) is 4.41. The first-order valence-corrected chi connectivity index (χ1v) is 4.26. The minimum atomic E-state index is -0.570. The second-order valence-electron chi connectivity index (χ2n) is 3.66. The Morgan fingerprint density at radius 1 is 1.67 bits per heavy atom. The van der Waals surface area contributed by atoms with Crippen molar-refractivity contribution in [2.75, 3.05) is 6.61 Å². The van der Waals surface area contributed by atoms with Crippen LogP contribution in [0, 0.1) is 5.92 Å². The van der Waals surface area contributed by atoms with Crippen molar-refractivity contribution in [2.45, 2.75) is 26.3 Å². The van der Waals surface area contributed by atoms with Crippen LogP contribution in [0.15, 0.2) is 0 Å². The summed E-state index contributed by atoms with van der Waals surface area (Å²) < 4.78 is 0. The number of carbonyl (C=O) groups excluding carboxylic acids is 1. The van der Waals surface area contributed by atoms with Crippen LogP contribution in [0.4, 0.5) is 0 Å². The molecule has 0 unspecified atom stereocenters. The maximum absolute atomic E-state index is 11.3. The van der Waals surface area contributed by atoms with Crippen LogP contribution in [0.3, 0.4) is 0 Å². The third-order valence-corrected chi connectivity index (χ3v) is 1.52. The molecule has 1 amide bonds. The maximum Gasteiger partial charge on any atom is 0.230 e. The number of rotatable bonds is 3. The monoisotopic (exact) mass is 189 g/mol. The van der Waals surface area contributed by atoms with Gasteiger partial charge in [-0.2, -0.15) is 0 Å². The second kappa shape index (κ2) is 4.52. The molecule has 0 bridgehead atoms. The van der Waals surface area contributed by atoms with Gasteiger partial charge in [-0.05, 0) is 26.1 Å². The third-order valence-electron chi connectivity index (χ3n) is 1.20. The van der Waals surface area contributed by atoms with Gasteiger partial charge < -0.3 is 10.4 Å². The maximum atomic E-state index is 11.3. The SMILES string of the molecule is CC(C)(C)NC(=O)[C@@H](C=S)CO. The first kappa shape index (κ1) is 11.5. The lowest BCUT2D eigenvalue weighted by Gasteiger charge is -2.22. The molecule has 0 radical (unpaired) electrons. The van der Waals surface area contributed by atoms with Crippen LogP contribution in [-0.4, -0.2) is 28.5 Å². The topological polar surface area (TPSA) is 49.3 Å². The van der Waals surface area contributed by atoms with Crippen molar-refractivity contribution in [1.29, 1.82) is 0 Å². The van der Waals surface area contributed by atoms with E-state index in [4.69, 9.17) is 5.11 Å². The predicted molar refractivity (Wildman–Crippen MR) is 52.1 cm³/mol. The van der Waals surface area contributed by atoms with E-state index in [9.17, 15) is 4.79 Å². The molecule has 0 saturated heterocycles. The van der Waals surface area contributed by atoms with E-state index in [1.165, 1.54) is 5.37 Å². The van der Waals surface area contributed by atoms with Gasteiger partial charge in [-0.15, -0.1) is 0 Å². The zero-order valence-electron chi connectivity index (χ0n) is 7.63. The van der Waals surface area contributed by atoms with E-state index < -0.39 is 5.92 Å². The molecule has 1 atom stereocenters. The van der Waals surface area contributed by atoms with Crippen LogP contribution in [0.25, 0.3) is 0 Å². The molecule has 12 heavy (non-hydrogen) atoms. The number of amides is 1. The van der Waals surface area contributed by atoms with Gasteiger partial charge in [-0.3, -0.25) is 4.79 Å². The molecule has 0 aromatic rings. The first-order valence-electron chi connectivity index (χ1n) is 3.79. The van der Waals surface area contributed by atoms with Crippen molar-refractivity contribution in [3.63, 3.8) is 0 Å². The molecular formula is C8H15NO2S.